The average molecular weight is 370 g/mol. The maximum atomic E-state index is 12.2. The van der Waals surface area contributed by atoms with E-state index in [0.717, 1.165) is 38.1 Å². The van der Waals surface area contributed by atoms with Gasteiger partial charge in [-0.05, 0) is 50.3 Å². The second-order valence-corrected chi connectivity index (χ2v) is 7.99. The minimum Gasteiger partial charge on any atom is -0.467 e. The second-order valence-electron chi connectivity index (χ2n) is 7.99. The predicted octanol–water partition coefficient (Wildman–Crippen LogP) is 4.94. The summed E-state index contributed by atoms with van der Waals surface area (Å²) in [6.07, 6.45) is 5.54. The largest absolute Gasteiger partial charge is 0.467 e. The molecule has 146 valence electrons. The fourth-order valence-electron chi connectivity index (χ4n) is 4.26. The number of hydrogen-bond donors (Lipinski definition) is 0. The molecule has 1 aromatic heterocycles. The Bertz CT molecular complexity index is 727. The number of hydrogen-bond acceptors (Lipinski definition) is 3. The van der Waals surface area contributed by atoms with Crippen LogP contribution in [0.25, 0.3) is 0 Å². The van der Waals surface area contributed by atoms with Gasteiger partial charge in [0.2, 0.25) is 5.91 Å². The highest BCUT2D eigenvalue weighted by Crippen LogP contribution is 2.45. The van der Waals surface area contributed by atoms with Gasteiger partial charge in [0.15, 0.2) is 0 Å². The fourth-order valence-corrected chi connectivity index (χ4v) is 4.26. The molecular weight excluding hydrogens is 338 g/mol. The van der Waals surface area contributed by atoms with Gasteiger partial charge >= 0.3 is 0 Å². The molecule has 2 heterocycles. The van der Waals surface area contributed by atoms with Crippen LogP contribution in [0.2, 0.25) is 0 Å². The summed E-state index contributed by atoms with van der Waals surface area (Å²) in [5.41, 5.74) is 1.27. The third-order valence-corrected chi connectivity index (χ3v) is 6.11. The lowest BCUT2D eigenvalue weighted by Crippen LogP contribution is -2.47. The number of carbonyl (C=O) groups excluding carboxylic acids is 1. The van der Waals surface area contributed by atoms with Crippen molar-refractivity contribution in [1.29, 1.82) is 0 Å². The molecule has 0 bridgehead atoms. The zero-order chi connectivity index (χ0) is 19.3. The number of amides is 1. The van der Waals surface area contributed by atoms with E-state index in [9.17, 15) is 4.79 Å². The maximum Gasteiger partial charge on any atom is 0.219 e. The van der Waals surface area contributed by atoms with Crippen LogP contribution < -0.4 is 0 Å². The van der Waals surface area contributed by atoms with Crippen molar-refractivity contribution in [3.63, 3.8) is 0 Å². The summed E-state index contributed by atoms with van der Waals surface area (Å²) in [5, 5.41) is 0. The first-order valence-corrected chi connectivity index (χ1v) is 9.94. The van der Waals surface area contributed by atoms with Crippen LogP contribution in [0.5, 0.6) is 0 Å². The standard InChI is InChI=1S/C23H31NO3/c1-4-22(3)18-23(13-16-27-22,20-9-6-5-7-10-20)12-14-24(19(2)25)17-21-11-8-15-26-21/h5-11,15H,4,12-14,16-18H2,1-3H3/t22-,23?/m0/s1. The minimum atomic E-state index is -0.115. The molecule has 1 aromatic carbocycles. The van der Waals surface area contributed by atoms with E-state index in [2.05, 4.69) is 44.2 Å². The predicted molar refractivity (Wildman–Crippen MR) is 106 cm³/mol. The van der Waals surface area contributed by atoms with E-state index in [-0.39, 0.29) is 16.9 Å². The van der Waals surface area contributed by atoms with Crippen molar-refractivity contribution in [3.05, 3.63) is 60.1 Å². The zero-order valence-electron chi connectivity index (χ0n) is 16.7. The lowest BCUT2D eigenvalue weighted by Gasteiger charge is -2.47. The van der Waals surface area contributed by atoms with Crippen LogP contribution in [-0.4, -0.2) is 29.6 Å². The van der Waals surface area contributed by atoms with E-state index < -0.39 is 0 Å². The molecule has 0 N–H and O–H groups in total. The molecule has 1 saturated heterocycles. The van der Waals surface area contributed by atoms with Crippen LogP contribution in [0.15, 0.2) is 53.1 Å². The van der Waals surface area contributed by atoms with E-state index in [1.165, 1.54) is 5.56 Å². The van der Waals surface area contributed by atoms with Gasteiger partial charge in [-0.3, -0.25) is 4.79 Å². The highest BCUT2D eigenvalue weighted by molar-refractivity contribution is 5.73. The van der Waals surface area contributed by atoms with Gasteiger partial charge in [0.1, 0.15) is 5.76 Å². The molecule has 4 heteroatoms. The van der Waals surface area contributed by atoms with Crippen molar-refractivity contribution in [1.82, 2.24) is 4.90 Å². The number of benzene rings is 1. The topological polar surface area (TPSA) is 42.7 Å². The van der Waals surface area contributed by atoms with Gasteiger partial charge in [0.05, 0.1) is 18.4 Å². The van der Waals surface area contributed by atoms with E-state index >= 15 is 0 Å². The summed E-state index contributed by atoms with van der Waals surface area (Å²) < 4.78 is 11.6. The highest BCUT2D eigenvalue weighted by Gasteiger charge is 2.43. The molecule has 1 aliphatic heterocycles. The normalized spacial score (nSPS) is 25.3. The number of nitrogens with zero attached hydrogens (tertiary/aromatic N) is 1. The first kappa shape index (κ1) is 19.7. The van der Waals surface area contributed by atoms with Crippen molar-refractivity contribution in [2.24, 2.45) is 0 Å². The third kappa shape index (κ3) is 4.62. The van der Waals surface area contributed by atoms with Crippen molar-refractivity contribution in [2.45, 2.75) is 64.0 Å². The van der Waals surface area contributed by atoms with Crippen molar-refractivity contribution < 1.29 is 13.9 Å². The maximum absolute atomic E-state index is 12.2. The summed E-state index contributed by atoms with van der Waals surface area (Å²) in [7, 11) is 0. The molecule has 1 amide bonds. The Labute approximate surface area is 162 Å². The van der Waals surface area contributed by atoms with Crippen LogP contribution in [0, 0.1) is 0 Å². The molecule has 3 rings (SSSR count). The molecule has 0 saturated carbocycles. The molecule has 0 spiro atoms. The lowest BCUT2D eigenvalue weighted by molar-refractivity contribution is -0.130. The first-order chi connectivity index (χ1) is 13.0. The molecule has 2 atom stereocenters. The Morgan fingerprint density at radius 1 is 1.19 bits per heavy atom. The van der Waals surface area contributed by atoms with Crippen molar-refractivity contribution in [2.75, 3.05) is 13.2 Å². The molecular formula is C23H31NO3. The van der Waals surface area contributed by atoms with E-state index in [1.54, 1.807) is 13.2 Å². The fraction of sp³-hybridized carbons (Fsp3) is 0.522. The molecule has 4 nitrogen and oxygen atoms in total. The molecule has 0 radical (unpaired) electrons. The van der Waals surface area contributed by atoms with Gasteiger partial charge in [-0.2, -0.15) is 0 Å². The average Bonchev–Trinajstić information content (AvgIpc) is 3.19. The van der Waals surface area contributed by atoms with Gasteiger partial charge in [0.25, 0.3) is 0 Å². The zero-order valence-corrected chi connectivity index (χ0v) is 16.7. The van der Waals surface area contributed by atoms with Crippen LogP contribution >= 0.6 is 0 Å². The highest BCUT2D eigenvalue weighted by atomic mass is 16.5. The molecule has 1 fully saturated rings. The Kier molecular flexibility index (Phi) is 6.05. The second kappa shape index (κ2) is 8.30. The monoisotopic (exact) mass is 369 g/mol. The van der Waals surface area contributed by atoms with Crippen LogP contribution in [0.3, 0.4) is 0 Å². The molecule has 0 aliphatic carbocycles. The van der Waals surface area contributed by atoms with Crippen molar-refractivity contribution in [3.8, 4) is 0 Å². The number of furan rings is 1. The summed E-state index contributed by atoms with van der Waals surface area (Å²) in [5.74, 6) is 0.907. The molecule has 2 aromatic rings. The van der Waals surface area contributed by atoms with E-state index in [4.69, 9.17) is 9.15 Å². The number of rotatable bonds is 7. The SMILES string of the molecule is CC[C@@]1(C)CC(CCN(Cc2ccco2)C(C)=O)(c2ccccc2)CCO1. The van der Waals surface area contributed by atoms with Gasteiger partial charge in [-0.15, -0.1) is 0 Å². The molecule has 1 unspecified atom stereocenters. The summed E-state index contributed by atoms with van der Waals surface area (Å²) in [6, 6.07) is 14.5. The van der Waals surface area contributed by atoms with Crippen LogP contribution in [0.4, 0.5) is 0 Å². The van der Waals surface area contributed by atoms with Gasteiger partial charge < -0.3 is 14.1 Å². The van der Waals surface area contributed by atoms with E-state index in [0.29, 0.717) is 13.1 Å². The summed E-state index contributed by atoms with van der Waals surface area (Å²) >= 11 is 0. The molecule has 1 aliphatic rings. The quantitative estimate of drug-likeness (QED) is 0.694. The van der Waals surface area contributed by atoms with Gasteiger partial charge in [0, 0.05) is 25.5 Å². The number of carbonyl (C=O) groups is 1. The Morgan fingerprint density at radius 3 is 2.59 bits per heavy atom. The van der Waals surface area contributed by atoms with Crippen LogP contribution in [0.1, 0.15) is 57.8 Å². The Morgan fingerprint density at radius 2 is 1.96 bits per heavy atom. The third-order valence-electron chi connectivity index (χ3n) is 6.11. The Balaban J connectivity index is 1.82. The lowest BCUT2D eigenvalue weighted by atomic mass is 9.66. The van der Waals surface area contributed by atoms with E-state index in [1.807, 2.05) is 17.0 Å². The Hall–Kier alpha value is -2.07. The number of ether oxygens (including phenoxy) is 1. The summed E-state index contributed by atoms with van der Waals surface area (Å²) in [6.45, 7) is 8.05. The smallest absolute Gasteiger partial charge is 0.219 e. The van der Waals surface area contributed by atoms with Crippen molar-refractivity contribution >= 4 is 5.91 Å². The summed E-state index contributed by atoms with van der Waals surface area (Å²) in [4.78, 5) is 14.1. The van der Waals surface area contributed by atoms with Gasteiger partial charge in [-0.1, -0.05) is 37.3 Å². The first-order valence-electron chi connectivity index (χ1n) is 9.94. The van der Waals surface area contributed by atoms with Gasteiger partial charge in [-0.25, -0.2) is 0 Å². The minimum absolute atomic E-state index is 0.0289. The molecule has 27 heavy (non-hydrogen) atoms. The van der Waals surface area contributed by atoms with Crippen LogP contribution in [-0.2, 0) is 21.5 Å².